The topological polar surface area (TPSA) is 169 Å². The van der Waals surface area contributed by atoms with Crippen LogP contribution in [0.2, 0.25) is 0 Å². The first-order chi connectivity index (χ1) is 25.2. The fraction of sp³-hybridized carbons (Fsp3) is 0.600. The second-order valence-corrected chi connectivity index (χ2v) is 15.4. The molecule has 5 unspecified atom stereocenters. The molecule has 0 aromatic heterocycles. The second-order valence-electron chi connectivity index (χ2n) is 15.1. The van der Waals surface area contributed by atoms with Crippen LogP contribution >= 0.6 is 11.6 Å². The van der Waals surface area contributed by atoms with Gasteiger partial charge in [0.05, 0.1) is 37.7 Å². The summed E-state index contributed by atoms with van der Waals surface area (Å²) in [7, 11) is 0. The van der Waals surface area contributed by atoms with E-state index < -0.39 is 53.6 Å². The zero-order valence-corrected chi connectivity index (χ0v) is 32.6. The highest BCUT2D eigenvalue weighted by molar-refractivity contribution is 6.20. The number of aryl methyl sites for hydroxylation is 1. The molecule has 3 rings (SSSR count). The van der Waals surface area contributed by atoms with Gasteiger partial charge in [-0.2, -0.15) is 0 Å². The molecule has 1 aliphatic rings. The Kier molecular flexibility index (Phi) is 18.4. The molecule has 3 amide bonds. The molecule has 294 valence electrons. The molecule has 0 saturated carbocycles. The molecular weight excluding hydrogens is 698 g/mol. The van der Waals surface area contributed by atoms with Crippen molar-refractivity contribution in [1.82, 2.24) is 26.2 Å². The summed E-state index contributed by atoms with van der Waals surface area (Å²) in [6.45, 7) is 11.5. The minimum absolute atomic E-state index is 0.00572. The number of aliphatic hydroxyl groups is 2. The lowest BCUT2D eigenvalue weighted by atomic mass is 9.90. The summed E-state index contributed by atoms with van der Waals surface area (Å²) >= 11 is 5.92. The number of aliphatic hydroxyl groups excluding tert-OH is 1. The Bertz CT molecular complexity index is 1420. The van der Waals surface area contributed by atoms with Crippen molar-refractivity contribution in [3.05, 3.63) is 71.8 Å². The molecule has 0 aliphatic carbocycles. The van der Waals surface area contributed by atoms with Crippen molar-refractivity contribution >= 4 is 35.1 Å². The fourth-order valence-electron chi connectivity index (χ4n) is 6.28. The predicted molar refractivity (Wildman–Crippen MR) is 206 cm³/mol. The van der Waals surface area contributed by atoms with Gasteiger partial charge in [0.1, 0.15) is 23.9 Å². The van der Waals surface area contributed by atoms with Crippen LogP contribution in [0.5, 0.6) is 0 Å². The number of Topliss-reactive ketones (excluding diaryl/α,β-unsaturated/α-hetero) is 1. The number of hydrogen-bond acceptors (Lipinski definition) is 9. The van der Waals surface area contributed by atoms with E-state index in [4.69, 9.17) is 16.3 Å². The monoisotopic (exact) mass is 757 g/mol. The number of amides is 3. The van der Waals surface area contributed by atoms with Crippen molar-refractivity contribution in [3.8, 4) is 0 Å². The number of ketones is 1. The van der Waals surface area contributed by atoms with Crippen LogP contribution in [0.25, 0.3) is 0 Å². The van der Waals surface area contributed by atoms with Crippen LogP contribution in [-0.2, 0) is 36.8 Å². The summed E-state index contributed by atoms with van der Waals surface area (Å²) < 4.78 is 5.40. The molecule has 0 spiro atoms. The van der Waals surface area contributed by atoms with Crippen molar-refractivity contribution < 1.29 is 34.1 Å². The highest BCUT2D eigenvalue weighted by Crippen LogP contribution is 2.18. The molecule has 1 heterocycles. The molecule has 0 bridgehead atoms. The molecule has 6 atom stereocenters. The Balaban J connectivity index is 1.83. The van der Waals surface area contributed by atoms with Crippen LogP contribution in [-0.4, -0.2) is 113 Å². The number of benzene rings is 2. The van der Waals surface area contributed by atoms with E-state index in [0.717, 1.165) is 11.1 Å². The molecule has 1 saturated heterocycles. The van der Waals surface area contributed by atoms with E-state index in [0.29, 0.717) is 52.0 Å². The van der Waals surface area contributed by atoms with Gasteiger partial charge in [-0.3, -0.25) is 29.4 Å². The molecule has 53 heavy (non-hydrogen) atoms. The van der Waals surface area contributed by atoms with Crippen molar-refractivity contribution in [2.24, 2.45) is 11.8 Å². The molecule has 0 radical (unpaired) electrons. The summed E-state index contributed by atoms with van der Waals surface area (Å²) in [5.74, 6) is -2.14. The summed E-state index contributed by atoms with van der Waals surface area (Å²) in [6, 6.07) is 15.2. The third kappa shape index (κ3) is 15.5. The number of hydrogen-bond donors (Lipinski definition) is 6. The normalized spacial score (nSPS) is 17.6. The van der Waals surface area contributed by atoms with Crippen molar-refractivity contribution in [2.75, 3.05) is 38.7 Å². The lowest BCUT2D eigenvalue weighted by Crippen LogP contribution is -2.61. The smallest absolute Gasteiger partial charge is 0.243 e. The van der Waals surface area contributed by atoms with Crippen LogP contribution in [0, 0.1) is 11.8 Å². The average molecular weight is 758 g/mol. The molecule has 2 aromatic rings. The van der Waals surface area contributed by atoms with E-state index in [1.54, 1.807) is 0 Å². The SMILES string of the molecule is CC(C)CC(NC(=O)[C@H](CCc1ccccc1)NC(=O)CN1CCOCC1)C(=O)NC(Cc1ccccc1)C(O)NC(CC(C)C)C(=O)C(C)(O)CCl. The number of nitrogens with one attached hydrogen (secondary N) is 4. The maximum absolute atomic E-state index is 14.1. The van der Waals surface area contributed by atoms with Gasteiger partial charge in [0.2, 0.25) is 17.7 Å². The predicted octanol–water partition coefficient (Wildman–Crippen LogP) is 2.58. The van der Waals surface area contributed by atoms with Gasteiger partial charge >= 0.3 is 0 Å². The van der Waals surface area contributed by atoms with E-state index in [1.807, 2.05) is 93.3 Å². The van der Waals surface area contributed by atoms with E-state index in [1.165, 1.54) is 6.92 Å². The van der Waals surface area contributed by atoms with Gasteiger partial charge in [-0.15, -0.1) is 11.6 Å². The average Bonchev–Trinajstić information content (AvgIpc) is 3.12. The Hall–Kier alpha value is -3.39. The Labute approximate surface area is 319 Å². The van der Waals surface area contributed by atoms with E-state index in [-0.39, 0.29) is 36.6 Å². The van der Waals surface area contributed by atoms with Crippen molar-refractivity contribution in [1.29, 1.82) is 0 Å². The summed E-state index contributed by atoms with van der Waals surface area (Å²) in [5.41, 5.74) is 0.00985. The largest absolute Gasteiger partial charge is 0.381 e. The molecule has 2 aromatic carbocycles. The Morgan fingerprint density at radius 1 is 0.811 bits per heavy atom. The Morgan fingerprint density at radius 3 is 1.92 bits per heavy atom. The number of morpholine rings is 1. The van der Waals surface area contributed by atoms with E-state index >= 15 is 0 Å². The first-order valence-corrected chi connectivity index (χ1v) is 19.3. The number of alkyl halides is 1. The zero-order valence-electron chi connectivity index (χ0n) is 31.9. The third-order valence-corrected chi connectivity index (χ3v) is 9.74. The molecule has 13 heteroatoms. The standard InChI is InChI=1S/C40H60ClN5O7/c1-27(2)22-32(36(48)40(5,52)26-41)43-39(51)34(24-30-14-10-7-11-15-30)45-38(50)33(23-28(3)4)44-37(49)31(17-16-29-12-8-6-9-13-29)42-35(47)25-46-18-20-53-21-19-46/h6-15,27-28,31-34,39,43,51-52H,16-26H2,1-5H3,(H,42,47)(H,44,49)(H,45,50)/t31-,32?,33?,34?,39?,40?/m0/s1. The van der Waals surface area contributed by atoms with Gasteiger partial charge in [-0.1, -0.05) is 88.4 Å². The lowest BCUT2D eigenvalue weighted by Gasteiger charge is -2.33. The first-order valence-electron chi connectivity index (χ1n) is 18.7. The number of carbonyl (C=O) groups excluding carboxylic acids is 4. The summed E-state index contributed by atoms with van der Waals surface area (Å²) in [4.78, 5) is 56.6. The van der Waals surface area contributed by atoms with Crippen LogP contribution in [0.15, 0.2) is 60.7 Å². The van der Waals surface area contributed by atoms with Crippen molar-refractivity contribution in [3.63, 3.8) is 0 Å². The number of rotatable bonds is 22. The van der Waals surface area contributed by atoms with Crippen LogP contribution in [0.3, 0.4) is 0 Å². The quantitative estimate of drug-likeness (QED) is 0.0782. The minimum atomic E-state index is -1.83. The van der Waals surface area contributed by atoms with Crippen molar-refractivity contribution in [2.45, 2.75) is 103 Å². The van der Waals surface area contributed by atoms with Crippen LogP contribution in [0.4, 0.5) is 0 Å². The molecular formula is C40H60ClN5O7. The first kappa shape index (κ1) is 44.0. The molecule has 6 N–H and O–H groups in total. The maximum atomic E-state index is 14.1. The molecule has 1 aliphatic heterocycles. The van der Waals surface area contributed by atoms with Gasteiger partial charge in [-0.05, 0) is 62.0 Å². The number of ether oxygens (including phenoxy) is 1. The van der Waals surface area contributed by atoms with Gasteiger partial charge in [0.25, 0.3) is 0 Å². The molecule has 12 nitrogen and oxygen atoms in total. The van der Waals surface area contributed by atoms with Gasteiger partial charge in [0, 0.05) is 13.1 Å². The van der Waals surface area contributed by atoms with E-state index in [9.17, 15) is 29.4 Å². The minimum Gasteiger partial charge on any atom is -0.381 e. The zero-order chi connectivity index (χ0) is 39.0. The lowest BCUT2D eigenvalue weighted by molar-refractivity contribution is -0.137. The summed E-state index contributed by atoms with van der Waals surface area (Å²) in [5, 5.41) is 34.0. The van der Waals surface area contributed by atoms with E-state index in [2.05, 4.69) is 21.3 Å². The Morgan fingerprint density at radius 2 is 1.36 bits per heavy atom. The number of nitrogens with zero attached hydrogens (tertiary/aromatic N) is 1. The summed E-state index contributed by atoms with van der Waals surface area (Å²) in [6.07, 6.45) is 0.238. The van der Waals surface area contributed by atoms with Gasteiger partial charge in [0.15, 0.2) is 5.78 Å². The van der Waals surface area contributed by atoms with Gasteiger partial charge in [-0.25, -0.2) is 0 Å². The van der Waals surface area contributed by atoms with Crippen LogP contribution < -0.4 is 21.3 Å². The van der Waals surface area contributed by atoms with Crippen LogP contribution in [0.1, 0.15) is 65.0 Å². The highest BCUT2D eigenvalue weighted by atomic mass is 35.5. The van der Waals surface area contributed by atoms with Gasteiger partial charge < -0.3 is 30.9 Å². The third-order valence-electron chi connectivity index (χ3n) is 9.22. The number of carbonyl (C=O) groups is 4. The highest BCUT2D eigenvalue weighted by Gasteiger charge is 2.38. The molecule has 1 fully saturated rings. The fourth-order valence-corrected chi connectivity index (χ4v) is 6.41. The second kappa shape index (κ2) is 22.1. The maximum Gasteiger partial charge on any atom is 0.243 e. The number of halogens is 1.